The molecular weight excluding hydrogens is 280 g/mol. The molecule has 0 aliphatic heterocycles. The molecule has 5 heteroatoms. The summed E-state index contributed by atoms with van der Waals surface area (Å²) in [6.45, 7) is 2.31. The first kappa shape index (κ1) is 16.2. The fourth-order valence-corrected chi connectivity index (χ4v) is 2.71. The van der Waals surface area contributed by atoms with E-state index >= 15 is 0 Å². The monoisotopic (exact) mass is 302 g/mol. The molecule has 5 nitrogen and oxygen atoms in total. The van der Waals surface area contributed by atoms with Crippen molar-refractivity contribution in [2.24, 2.45) is 0 Å². The van der Waals surface area contributed by atoms with Crippen LogP contribution in [-0.2, 0) is 4.79 Å². The second-order valence-electron chi connectivity index (χ2n) is 5.47. The third kappa shape index (κ3) is 4.14. The van der Waals surface area contributed by atoms with Gasteiger partial charge in [0.2, 0.25) is 0 Å². The Balaban J connectivity index is 1.91. The molecule has 1 amide bonds. The van der Waals surface area contributed by atoms with Crippen molar-refractivity contribution < 1.29 is 14.3 Å². The second kappa shape index (κ2) is 7.69. The number of carbonyl (C=O) groups is 1. The Labute approximate surface area is 131 Å². The summed E-state index contributed by atoms with van der Waals surface area (Å²) >= 11 is 0. The van der Waals surface area contributed by atoms with Crippen LogP contribution in [0.25, 0.3) is 0 Å². The molecule has 1 aromatic carbocycles. The number of nitriles is 1. The summed E-state index contributed by atoms with van der Waals surface area (Å²) in [6.07, 6.45) is 4.50. The molecule has 0 radical (unpaired) electrons. The van der Waals surface area contributed by atoms with Crippen molar-refractivity contribution in [3.8, 4) is 17.6 Å². The van der Waals surface area contributed by atoms with Crippen LogP contribution in [0.5, 0.6) is 11.5 Å². The van der Waals surface area contributed by atoms with E-state index in [0.717, 1.165) is 19.3 Å². The third-order valence-electron chi connectivity index (χ3n) is 3.81. The van der Waals surface area contributed by atoms with Crippen molar-refractivity contribution in [1.29, 1.82) is 5.26 Å². The van der Waals surface area contributed by atoms with Gasteiger partial charge in [0, 0.05) is 0 Å². The molecule has 22 heavy (non-hydrogen) atoms. The summed E-state index contributed by atoms with van der Waals surface area (Å²) in [5.41, 5.74) is -0.724. The van der Waals surface area contributed by atoms with Gasteiger partial charge in [0.1, 0.15) is 5.54 Å². The van der Waals surface area contributed by atoms with Gasteiger partial charge in [0.25, 0.3) is 5.91 Å². The minimum atomic E-state index is -0.724. The zero-order chi connectivity index (χ0) is 15.8. The summed E-state index contributed by atoms with van der Waals surface area (Å²) in [7, 11) is 0. The molecule has 1 aromatic rings. The zero-order valence-corrected chi connectivity index (χ0v) is 12.9. The van der Waals surface area contributed by atoms with Gasteiger partial charge < -0.3 is 14.8 Å². The summed E-state index contributed by atoms with van der Waals surface area (Å²) in [5, 5.41) is 12.2. The number of carbonyl (C=O) groups excluding carboxylic acids is 1. The lowest BCUT2D eigenvalue weighted by atomic mass is 9.83. The van der Waals surface area contributed by atoms with Crippen molar-refractivity contribution in [3.05, 3.63) is 24.3 Å². The zero-order valence-electron chi connectivity index (χ0n) is 12.9. The number of nitrogens with one attached hydrogen (secondary N) is 1. The minimum Gasteiger partial charge on any atom is -0.490 e. The fraction of sp³-hybridized carbons (Fsp3) is 0.529. The average Bonchev–Trinajstić information content (AvgIpc) is 2.55. The maximum atomic E-state index is 12.1. The molecule has 0 aromatic heterocycles. The fourth-order valence-electron chi connectivity index (χ4n) is 2.71. The number of nitrogens with zero attached hydrogens (tertiary/aromatic N) is 1. The van der Waals surface area contributed by atoms with E-state index in [1.165, 1.54) is 0 Å². The lowest BCUT2D eigenvalue weighted by molar-refractivity contribution is -0.124. The summed E-state index contributed by atoms with van der Waals surface area (Å²) in [5.74, 6) is 0.884. The van der Waals surface area contributed by atoms with Gasteiger partial charge >= 0.3 is 0 Å². The highest BCUT2D eigenvalue weighted by molar-refractivity contribution is 5.79. The van der Waals surface area contributed by atoms with Crippen LogP contribution >= 0.6 is 0 Å². The molecule has 1 N–H and O–H groups in total. The summed E-state index contributed by atoms with van der Waals surface area (Å²) < 4.78 is 11.0. The Morgan fingerprint density at radius 1 is 1.23 bits per heavy atom. The lowest BCUT2D eigenvalue weighted by Gasteiger charge is -2.31. The van der Waals surface area contributed by atoms with Crippen LogP contribution in [0.1, 0.15) is 39.0 Å². The van der Waals surface area contributed by atoms with Crippen LogP contribution in [0.15, 0.2) is 24.3 Å². The average molecular weight is 302 g/mol. The number of benzene rings is 1. The van der Waals surface area contributed by atoms with Crippen LogP contribution in [0.3, 0.4) is 0 Å². The first-order valence-corrected chi connectivity index (χ1v) is 7.76. The smallest absolute Gasteiger partial charge is 0.259 e. The molecule has 0 atom stereocenters. The van der Waals surface area contributed by atoms with Crippen molar-refractivity contribution in [3.63, 3.8) is 0 Å². The molecule has 1 saturated carbocycles. The Bertz CT molecular complexity index is 545. The SMILES string of the molecule is CCOc1ccccc1OCC(=O)NC1(C#N)CCCCC1. The first-order chi connectivity index (χ1) is 10.7. The second-order valence-corrected chi connectivity index (χ2v) is 5.47. The van der Waals surface area contributed by atoms with Gasteiger partial charge in [0.15, 0.2) is 18.1 Å². The number of hydrogen-bond acceptors (Lipinski definition) is 4. The molecule has 2 rings (SSSR count). The maximum absolute atomic E-state index is 12.1. The largest absolute Gasteiger partial charge is 0.490 e. The highest BCUT2D eigenvalue weighted by Crippen LogP contribution is 2.28. The number of hydrogen-bond donors (Lipinski definition) is 1. The quantitative estimate of drug-likeness (QED) is 0.877. The van der Waals surface area contributed by atoms with Crippen LogP contribution in [0.2, 0.25) is 0 Å². The van der Waals surface area contributed by atoms with Crippen molar-refractivity contribution in [1.82, 2.24) is 5.32 Å². The van der Waals surface area contributed by atoms with Crippen LogP contribution < -0.4 is 14.8 Å². The van der Waals surface area contributed by atoms with E-state index < -0.39 is 5.54 Å². The Kier molecular flexibility index (Phi) is 5.65. The normalized spacial score (nSPS) is 16.4. The summed E-state index contributed by atoms with van der Waals surface area (Å²) in [4.78, 5) is 12.1. The predicted octanol–water partition coefficient (Wildman–Crippen LogP) is 2.81. The van der Waals surface area contributed by atoms with E-state index in [2.05, 4.69) is 11.4 Å². The molecule has 1 aliphatic rings. The van der Waals surface area contributed by atoms with Gasteiger partial charge in [-0.3, -0.25) is 4.79 Å². The van der Waals surface area contributed by atoms with Crippen molar-refractivity contribution >= 4 is 5.91 Å². The van der Waals surface area contributed by atoms with Crippen LogP contribution in [0.4, 0.5) is 0 Å². The Morgan fingerprint density at radius 3 is 2.45 bits per heavy atom. The molecule has 0 bridgehead atoms. The topological polar surface area (TPSA) is 71.3 Å². The van der Waals surface area contributed by atoms with Gasteiger partial charge in [-0.15, -0.1) is 0 Å². The highest BCUT2D eigenvalue weighted by atomic mass is 16.5. The van der Waals surface area contributed by atoms with E-state index in [1.807, 2.05) is 19.1 Å². The molecule has 0 saturated heterocycles. The highest BCUT2D eigenvalue weighted by Gasteiger charge is 2.33. The van der Waals surface area contributed by atoms with Crippen molar-refractivity contribution in [2.45, 2.75) is 44.6 Å². The molecule has 1 fully saturated rings. The molecule has 0 unspecified atom stereocenters. The summed E-state index contributed by atoms with van der Waals surface area (Å²) in [6, 6.07) is 9.51. The van der Waals surface area contributed by atoms with Crippen LogP contribution in [-0.4, -0.2) is 24.7 Å². The molecular formula is C17H22N2O3. The number of rotatable bonds is 6. The lowest BCUT2D eigenvalue weighted by Crippen LogP contribution is -2.50. The van der Waals surface area contributed by atoms with Crippen LogP contribution in [0, 0.1) is 11.3 Å². The predicted molar refractivity (Wildman–Crippen MR) is 82.7 cm³/mol. The van der Waals surface area contributed by atoms with Gasteiger partial charge in [-0.05, 0) is 31.9 Å². The first-order valence-electron chi connectivity index (χ1n) is 7.76. The van der Waals surface area contributed by atoms with Gasteiger partial charge in [-0.25, -0.2) is 0 Å². The molecule has 118 valence electrons. The van der Waals surface area contributed by atoms with Gasteiger partial charge in [-0.1, -0.05) is 31.4 Å². The van der Waals surface area contributed by atoms with E-state index in [9.17, 15) is 10.1 Å². The van der Waals surface area contributed by atoms with Gasteiger partial charge in [0.05, 0.1) is 12.7 Å². The number of para-hydroxylation sites is 2. The molecule has 1 aliphatic carbocycles. The number of ether oxygens (including phenoxy) is 2. The van der Waals surface area contributed by atoms with E-state index in [1.54, 1.807) is 12.1 Å². The minimum absolute atomic E-state index is 0.118. The molecule has 0 spiro atoms. The van der Waals surface area contributed by atoms with E-state index in [4.69, 9.17) is 9.47 Å². The third-order valence-corrected chi connectivity index (χ3v) is 3.81. The Morgan fingerprint density at radius 2 is 1.86 bits per heavy atom. The number of amides is 1. The Hall–Kier alpha value is -2.22. The maximum Gasteiger partial charge on any atom is 0.259 e. The molecule has 0 heterocycles. The van der Waals surface area contributed by atoms with E-state index in [-0.39, 0.29) is 12.5 Å². The van der Waals surface area contributed by atoms with Crippen molar-refractivity contribution in [2.75, 3.05) is 13.2 Å². The van der Waals surface area contributed by atoms with Gasteiger partial charge in [-0.2, -0.15) is 5.26 Å². The van der Waals surface area contributed by atoms with E-state index in [0.29, 0.717) is 30.9 Å². The standard InChI is InChI=1S/C17H22N2O3/c1-2-21-14-8-4-5-9-15(14)22-12-16(20)19-17(13-18)10-6-3-7-11-17/h4-5,8-9H,2-3,6-7,10-12H2,1H3,(H,19,20).